The van der Waals surface area contributed by atoms with Crippen LogP contribution in [0.2, 0.25) is 0 Å². The van der Waals surface area contributed by atoms with Crippen molar-refractivity contribution in [3.63, 3.8) is 0 Å². The zero-order valence-corrected chi connectivity index (χ0v) is 32.3. The van der Waals surface area contributed by atoms with Gasteiger partial charge in [-0.3, -0.25) is 0 Å². The Morgan fingerprint density at radius 1 is 0.483 bits per heavy atom. The van der Waals surface area contributed by atoms with Crippen molar-refractivity contribution in [1.82, 2.24) is 0 Å². The number of benzene rings is 5. The summed E-state index contributed by atoms with van der Waals surface area (Å²) in [4.78, 5) is 0. The van der Waals surface area contributed by atoms with E-state index in [9.17, 15) is 15.3 Å². The molecule has 5 aromatic carbocycles. The van der Waals surface area contributed by atoms with Crippen LogP contribution in [-0.4, -0.2) is 89.9 Å². The van der Waals surface area contributed by atoms with E-state index in [2.05, 4.69) is 0 Å². The highest BCUT2D eigenvalue weighted by Crippen LogP contribution is 2.38. The molecule has 3 N–H and O–H groups in total. The predicted octanol–water partition coefficient (Wildman–Crippen LogP) is 5.73. The summed E-state index contributed by atoms with van der Waals surface area (Å²) in [5.41, 5.74) is 4.47. The van der Waals surface area contributed by atoms with Crippen LogP contribution in [0.25, 0.3) is 0 Å². The van der Waals surface area contributed by atoms with Gasteiger partial charge in [-0.25, -0.2) is 0 Å². The first kappa shape index (κ1) is 41.8. The molecule has 7 rings (SSSR count). The first-order valence-corrected chi connectivity index (χ1v) is 19.7. The summed E-state index contributed by atoms with van der Waals surface area (Å²) in [6.07, 6.45) is -8.24. The summed E-state index contributed by atoms with van der Waals surface area (Å²) in [5.74, 6) is -1.93. The Hall–Kier alpha value is -4.34. The highest BCUT2D eigenvalue weighted by atomic mass is 16.8. The highest BCUT2D eigenvalue weighted by molar-refractivity contribution is 5.17. The fraction of sp³-hybridized carbons (Fsp3) is 0.362. The summed E-state index contributed by atoms with van der Waals surface area (Å²) in [6.45, 7) is -0.592. The van der Waals surface area contributed by atoms with Crippen molar-refractivity contribution in [3.8, 4) is 0 Å². The lowest BCUT2D eigenvalue weighted by Crippen LogP contribution is -2.69. The van der Waals surface area contributed by atoms with E-state index in [1.807, 2.05) is 152 Å². The summed E-state index contributed by atoms with van der Waals surface area (Å²) in [5, 5.41) is 33.7. The summed E-state index contributed by atoms with van der Waals surface area (Å²) in [7, 11) is 0. The monoisotopic (exact) mass is 792 g/mol. The molecule has 2 aliphatic rings. The smallest absolute Gasteiger partial charge is 0.224 e. The molecule has 5 aromatic rings. The van der Waals surface area contributed by atoms with Crippen LogP contribution in [-0.2, 0) is 70.9 Å². The van der Waals surface area contributed by atoms with Gasteiger partial charge in [0, 0.05) is 0 Å². The van der Waals surface area contributed by atoms with Gasteiger partial charge in [0.2, 0.25) is 5.79 Å². The van der Waals surface area contributed by atoms with Gasteiger partial charge in [-0.2, -0.15) is 0 Å². The zero-order chi connectivity index (χ0) is 40.0. The van der Waals surface area contributed by atoms with Gasteiger partial charge in [0.25, 0.3) is 0 Å². The molecule has 0 aliphatic carbocycles. The molecule has 11 heteroatoms. The first-order chi connectivity index (χ1) is 28.5. The molecule has 11 nitrogen and oxygen atoms in total. The van der Waals surface area contributed by atoms with E-state index in [1.54, 1.807) is 0 Å². The standard InChI is InChI=1S/C47H52O11/c48-26-40-42(52-28-35-18-8-2-9-19-35)43(53-29-36-20-10-3-11-21-36)44(54-30-37-22-12-4-13-23-37)46(57-40)58-47(33-49)45(55-31-38-24-14-5-15-25-38)41(39(50)32-56-47)51-27-34-16-6-1-7-17-34/h1-25,39-46,48-50H,26-33H2/t39-,40-,41-,42-,43+,44-,45+,46-,47+/m1/s1. The van der Waals surface area contributed by atoms with Crippen LogP contribution < -0.4 is 0 Å². The van der Waals surface area contributed by atoms with Crippen molar-refractivity contribution in [2.24, 2.45) is 0 Å². The number of hydrogen-bond donors (Lipinski definition) is 3. The van der Waals surface area contributed by atoms with E-state index < -0.39 is 68.0 Å². The van der Waals surface area contributed by atoms with Crippen LogP contribution >= 0.6 is 0 Å². The molecular formula is C47H52O11. The summed E-state index contributed by atoms with van der Waals surface area (Å²) < 4.78 is 52.7. The van der Waals surface area contributed by atoms with Crippen LogP contribution in [0.3, 0.4) is 0 Å². The number of hydrogen-bond acceptors (Lipinski definition) is 11. The third kappa shape index (κ3) is 10.8. The maximum absolute atomic E-state index is 11.4. The van der Waals surface area contributed by atoms with Gasteiger partial charge in [-0.1, -0.05) is 152 Å². The maximum atomic E-state index is 11.4. The zero-order valence-electron chi connectivity index (χ0n) is 32.3. The number of aliphatic hydroxyl groups excluding tert-OH is 3. The van der Waals surface area contributed by atoms with Gasteiger partial charge in [0.15, 0.2) is 6.29 Å². The van der Waals surface area contributed by atoms with Crippen molar-refractivity contribution in [2.45, 2.75) is 87.8 Å². The first-order valence-electron chi connectivity index (χ1n) is 19.7. The lowest BCUT2D eigenvalue weighted by Gasteiger charge is -2.51. The Morgan fingerprint density at radius 3 is 1.28 bits per heavy atom. The minimum Gasteiger partial charge on any atom is -0.394 e. The molecule has 2 saturated heterocycles. The van der Waals surface area contributed by atoms with E-state index in [4.69, 9.17) is 37.9 Å². The second-order valence-electron chi connectivity index (χ2n) is 14.5. The SMILES string of the molecule is OC[C@H]1O[C@H](O[C@]2(CO)OC[C@@H](O)[C@@H](OCc3ccccc3)[C@@H]2OCc2ccccc2)[C@H](OCc2ccccc2)[C@@H](OCc2ccccc2)[C@@H]1OCc1ccccc1. The molecule has 0 bridgehead atoms. The molecule has 2 heterocycles. The van der Waals surface area contributed by atoms with E-state index >= 15 is 0 Å². The number of rotatable bonds is 19. The van der Waals surface area contributed by atoms with Crippen LogP contribution in [0.1, 0.15) is 27.8 Å². The molecule has 306 valence electrons. The highest BCUT2D eigenvalue weighted by Gasteiger charge is 2.58. The molecule has 0 saturated carbocycles. The quantitative estimate of drug-likeness (QED) is 0.0948. The molecular weight excluding hydrogens is 741 g/mol. The van der Waals surface area contributed by atoms with E-state index in [0.717, 1.165) is 27.8 Å². The minimum absolute atomic E-state index is 0.0921. The van der Waals surface area contributed by atoms with Gasteiger partial charge in [0.1, 0.15) is 49.3 Å². The van der Waals surface area contributed by atoms with Crippen LogP contribution in [0.15, 0.2) is 152 Å². The number of ether oxygens (including phenoxy) is 8. The Morgan fingerprint density at radius 2 is 0.862 bits per heavy atom. The summed E-state index contributed by atoms with van der Waals surface area (Å²) >= 11 is 0. The van der Waals surface area contributed by atoms with Crippen LogP contribution in [0.5, 0.6) is 0 Å². The van der Waals surface area contributed by atoms with Gasteiger partial charge >= 0.3 is 0 Å². The van der Waals surface area contributed by atoms with Crippen LogP contribution in [0.4, 0.5) is 0 Å². The molecule has 0 spiro atoms. The van der Waals surface area contributed by atoms with E-state index in [-0.39, 0.29) is 39.6 Å². The molecule has 9 atom stereocenters. The molecule has 0 aromatic heterocycles. The topological polar surface area (TPSA) is 135 Å². The average Bonchev–Trinajstić information content (AvgIpc) is 3.28. The van der Waals surface area contributed by atoms with Gasteiger partial charge in [0.05, 0.1) is 46.2 Å². The Kier molecular flexibility index (Phi) is 15.2. The lowest BCUT2D eigenvalue weighted by molar-refractivity contribution is -0.427. The van der Waals surface area contributed by atoms with E-state index in [1.165, 1.54) is 0 Å². The number of aliphatic hydroxyl groups is 3. The normalized spacial score (nSPS) is 27.3. The maximum Gasteiger partial charge on any atom is 0.224 e. The Labute approximate surface area is 339 Å². The largest absolute Gasteiger partial charge is 0.394 e. The average molecular weight is 793 g/mol. The Balaban J connectivity index is 1.23. The van der Waals surface area contributed by atoms with Gasteiger partial charge in [-0.05, 0) is 27.8 Å². The Bertz CT molecular complexity index is 1890. The fourth-order valence-electron chi connectivity index (χ4n) is 7.26. The van der Waals surface area contributed by atoms with Crippen molar-refractivity contribution in [1.29, 1.82) is 0 Å². The molecule has 0 radical (unpaired) electrons. The molecule has 2 fully saturated rings. The van der Waals surface area contributed by atoms with Crippen molar-refractivity contribution < 1.29 is 53.2 Å². The van der Waals surface area contributed by atoms with Crippen LogP contribution in [0, 0.1) is 0 Å². The van der Waals surface area contributed by atoms with Crippen molar-refractivity contribution in [3.05, 3.63) is 179 Å². The van der Waals surface area contributed by atoms with Gasteiger partial charge < -0.3 is 53.2 Å². The van der Waals surface area contributed by atoms with Crippen molar-refractivity contribution in [2.75, 3.05) is 19.8 Å². The minimum atomic E-state index is -1.93. The lowest BCUT2D eigenvalue weighted by atomic mass is 9.94. The second kappa shape index (κ2) is 21.1. The molecule has 2 aliphatic heterocycles. The second-order valence-corrected chi connectivity index (χ2v) is 14.5. The fourth-order valence-corrected chi connectivity index (χ4v) is 7.26. The molecule has 0 amide bonds. The predicted molar refractivity (Wildman–Crippen MR) is 214 cm³/mol. The molecule has 0 unspecified atom stereocenters. The molecule has 58 heavy (non-hydrogen) atoms. The third-order valence-electron chi connectivity index (χ3n) is 10.3. The van der Waals surface area contributed by atoms with E-state index in [0.29, 0.717) is 0 Å². The summed E-state index contributed by atoms with van der Waals surface area (Å²) in [6, 6.07) is 48.2. The third-order valence-corrected chi connectivity index (χ3v) is 10.3. The van der Waals surface area contributed by atoms with Crippen molar-refractivity contribution >= 4 is 0 Å². The van der Waals surface area contributed by atoms with Gasteiger partial charge in [-0.15, -0.1) is 0 Å².